The predicted molar refractivity (Wildman–Crippen MR) is 45.8 cm³/mol. The van der Waals surface area contributed by atoms with Crippen molar-refractivity contribution in [1.82, 2.24) is 0 Å². The number of carbonyl (C=O) groups is 1. The van der Waals surface area contributed by atoms with Crippen LogP contribution < -0.4 is 11.5 Å². The number of rotatable bonds is 3. The van der Waals surface area contributed by atoms with E-state index in [4.69, 9.17) is 11.5 Å². The monoisotopic (exact) mass is 156 g/mol. The van der Waals surface area contributed by atoms with E-state index in [9.17, 15) is 4.79 Å². The van der Waals surface area contributed by atoms with E-state index in [2.05, 4.69) is 0 Å². The lowest BCUT2D eigenvalue weighted by Gasteiger charge is -2.11. The third kappa shape index (κ3) is 2.72. The second kappa shape index (κ2) is 4.13. The van der Waals surface area contributed by atoms with Crippen LogP contribution >= 0.6 is 0 Å². The third-order valence-electron chi connectivity index (χ3n) is 1.96. The van der Waals surface area contributed by atoms with Crippen molar-refractivity contribution in [2.75, 3.05) is 0 Å². The molecule has 3 nitrogen and oxygen atoms in total. The zero-order chi connectivity index (χ0) is 9.02. The van der Waals surface area contributed by atoms with Gasteiger partial charge in [0, 0.05) is 11.6 Å². The lowest BCUT2D eigenvalue weighted by molar-refractivity contribution is -0.114. The van der Waals surface area contributed by atoms with Gasteiger partial charge >= 0.3 is 0 Å². The van der Waals surface area contributed by atoms with E-state index in [1.54, 1.807) is 6.92 Å². The summed E-state index contributed by atoms with van der Waals surface area (Å²) in [5.74, 6) is -0.383. The first-order valence-electron chi connectivity index (χ1n) is 3.73. The van der Waals surface area contributed by atoms with E-state index in [0.717, 1.165) is 12.0 Å². The molecule has 0 bridgehead atoms. The largest absolute Gasteiger partial charge is 0.366 e. The molecule has 0 rings (SSSR count). The van der Waals surface area contributed by atoms with Crippen LogP contribution in [0.15, 0.2) is 11.1 Å². The maximum absolute atomic E-state index is 10.7. The number of hydrogen-bond donors (Lipinski definition) is 2. The van der Waals surface area contributed by atoms with Gasteiger partial charge in [-0.15, -0.1) is 0 Å². The summed E-state index contributed by atoms with van der Waals surface area (Å²) < 4.78 is 0. The maximum Gasteiger partial charge on any atom is 0.244 e. The smallest absolute Gasteiger partial charge is 0.244 e. The van der Waals surface area contributed by atoms with Gasteiger partial charge in [-0.2, -0.15) is 0 Å². The molecule has 1 amide bonds. The van der Waals surface area contributed by atoms with E-state index in [1.807, 2.05) is 13.8 Å². The van der Waals surface area contributed by atoms with Gasteiger partial charge in [0.25, 0.3) is 0 Å². The van der Waals surface area contributed by atoms with E-state index in [-0.39, 0.29) is 11.9 Å². The summed E-state index contributed by atoms with van der Waals surface area (Å²) in [6.07, 6.45) is 0.830. The van der Waals surface area contributed by atoms with E-state index >= 15 is 0 Å². The lowest BCUT2D eigenvalue weighted by atomic mass is 10.0. The number of nitrogens with two attached hydrogens (primary N) is 2. The minimum atomic E-state index is -0.383. The molecular weight excluding hydrogens is 140 g/mol. The summed E-state index contributed by atoms with van der Waals surface area (Å²) in [4.78, 5) is 10.7. The Morgan fingerprint density at radius 2 is 1.91 bits per heavy atom. The fourth-order valence-electron chi connectivity index (χ4n) is 0.779. The van der Waals surface area contributed by atoms with E-state index < -0.39 is 0 Å². The van der Waals surface area contributed by atoms with Gasteiger partial charge in [0.05, 0.1) is 0 Å². The van der Waals surface area contributed by atoms with Gasteiger partial charge < -0.3 is 11.5 Å². The van der Waals surface area contributed by atoms with Crippen LogP contribution in [-0.4, -0.2) is 11.9 Å². The molecule has 0 saturated heterocycles. The predicted octanol–water partition coefficient (Wildman–Crippen LogP) is 0.545. The van der Waals surface area contributed by atoms with Crippen molar-refractivity contribution in [3.05, 3.63) is 11.1 Å². The van der Waals surface area contributed by atoms with Gasteiger partial charge in [-0.25, -0.2) is 0 Å². The fourth-order valence-corrected chi connectivity index (χ4v) is 0.779. The Hall–Kier alpha value is -0.830. The molecule has 3 heteroatoms. The van der Waals surface area contributed by atoms with Crippen molar-refractivity contribution in [3.8, 4) is 0 Å². The number of primary amides is 1. The van der Waals surface area contributed by atoms with Crippen molar-refractivity contribution >= 4 is 5.91 Å². The van der Waals surface area contributed by atoms with Crippen LogP contribution in [0.4, 0.5) is 0 Å². The first-order valence-corrected chi connectivity index (χ1v) is 3.73. The highest BCUT2D eigenvalue weighted by Gasteiger charge is 2.08. The Morgan fingerprint density at radius 3 is 2.18 bits per heavy atom. The molecule has 0 aliphatic rings. The topological polar surface area (TPSA) is 69.1 Å². The molecule has 0 saturated carbocycles. The quantitative estimate of drug-likeness (QED) is 0.586. The molecule has 64 valence electrons. The Balaban J connectivity index is 4.51. The van der Waals surface area contributed by atoms with Crippen LogP contribution in [0.3, 0.4) is 0 Å². The van der Waals surface area contributed by atoms with Crippen molar-refractivity contribution in [1.29, 1.82) is 0 Å². The van der Waals surface area contributed by atoms with Crippen LogP contribution in [0.5, 0.6) is 0 Å². The molecule has 0 aromatic heterocycles. The average Bonchev–Trinajstić information content (AvgIpc) is 2.00. The van der Waals surface area contributed by atoms with Crippen molar-refractivity contribution < 1.29 is 4.79 Å². The molecule has 0 aliphatic carbocycles. The van der Waals surface area contributed by atoms with E-state index in [1.165, 1.54) is 0 Å². The molecule has 0 aliphatic heterocycles. The Kier molecular flexibility index (Phi) is 3.82. The molecule has 1 unspecified atom stereocenters. The van der Waals surface area contributed by atoms with Crippen LogP contribution in [0.2, 0.25) is 0 Å². The molecule has 1 atom stereocenters. The summed E-state index contributed by atoms with van der Waals surface area (Å²) in [7, 11) is 0. The van der Waals surface area contributed by atoms with Gasteiger partial charge in [-0.1, -0.05) is 6.92 Å². The van der Waals surface area contributed by atoms with Gasteiger partial charge in [0.1, 0.15) is 0 Å². The highest BCUT2D eigenvalue weighted by Crippen LogP contribution is 2.08. The molecule has 11 heavy (non-hydrogen) atoms. The maximum atomic E-state index is 10.7. The van der Waals surface area contributed by atoms with Crippen LogP contribution in [0.1, 0.15) is 27.2 Å². The summed E-state index contributed by atoms with van der Waals surface area (Å²) in [5, 5.41) is 0. The Bertz CT molecular complexity index is 185. The van der Waals surface area contributed by atoms with Crippen molar-refractivity contribution in [3.63, 3.8) is 0 Å². The molecular formula is C8H16N2O. The zero-order valence-electron chi connectivity index (χ0n) is 7.35. The molecule has 0 heterocycles. The Morgan fingerprint density at radius 1 is 1.45 bits per heavy atom. The van der Waals surface area contributed by atoms with Gasteiger partial charge in [0.15, 0.2) is 0 Å². The van der Waals surface area contributed by atoms with Crippen LogP contribution in [0.25, 0.3) is 0 Å². The van der Waals surface area contributed by atoms with Crippen molar-refractivity contribution in [2.24, 2.45) is 11.5 Å². The molecule has 0 radical (unpaired) electrons. The minimum absolute atomic E-state index is 0.0394. The van der Waals surface area contributed by atoms with Crippen molar-refractivity contribution in [2.45, 2.75) is 33.2 Å². The van der Waals surface area contributed by atoms with E-state index in [0.29, 0.717) is 5.57 Å². The summed E-state index contributed by atoms with van der Waals surface area (Å²) in [6, 6.07) is -0.0394. The Labute approximate surface area is 67.4 Å². The fraction of sp³-hybridized carbons (Fsp3) is 0.625. The molecule has 0 spiro atoms. The van der Waals surface area contributed by atoms with Gasteiger partial charge in [-0.05, 0) is 25.8 Å². The number of carbonyl (C=O) groups excluding carboxylic acids is 1. The molecule has 4 N–H and O–H groups in total. The summed E-state index contributed by atoms with van der Waals surface area (Å²) in [5.41, 5.74) is 12.2. The molecule has 0 fully saturated rings. The average molecular weight is 156 g/mol. The van der Waals surface area contributed by atoms with Gasteiger partial charge in [-0.3, -0.25) is 4.79 Å². The normalized spacial score (nSPS) is 15.6. The molecule has 0 aromatic carbocycles. The zero-order valence-corrected chi connectivity index (χ0v) is 7.35. The SMILES string of the molecule is CCC(N)C(C)=C(C)C(N)=O. The number of amides is 1. The highest BCUT2D eigenvalue weighted by atomic mass is 16.1. The molecule has 0 aromatic rings. The highest BCUT2D eigenvalue weighted by molar-refractivity contribution is 5.92. The van der Waals surface area contributed by atoms with Crippen LogP contribution in [-0.2, 0) is 4.79 Å². The summed E-state index contributed by atoms with van der Waals surface area (Å²) >= 11 is 0. The number of hydrogen-bond acceptors (Lipinski definition) is 2. The first-order chi connectivity index (χ1) is 5.00. The van der Waals surface area contributed by atoms with Gasteiger partial charge in [0.2, 0.25) is 5.91 Å². The summed E-state index contributed by atoms with van der Waals surface area (Å²) in [6.45, 7) is 5.52. The lowest BCUT2D eigenvalue weighted by Crippen LogP contribution is -2.24. The second-order valence-corrected chi connectivity index (χ2v) is 2.69. The second-order valence-electron chi connectivity index (χ2n) is 2.69. The minimum Gasteiger partial charge on any atom is -0.366 e. The first kappa shape index (κ1) is 10.2. The third-order valence-corrected chi connectivity index (χ3v) is 1.96. The standard InChI is InChI=1S/C8H16N2O/c1-4-7(9)5(2)6(3)8(10)11/h7H,4,9H2,1-3H3,(H2,10,11). The van der Waals surface area contributed by atoms with Crippen LogP contribution in [0, 0.1) is 0 Å².